The number of rotatable bonds is 3. The van der Waals surface area contributed by atoms with Crippen molar-refractivity contribution >= 4 is 27.6 Å². The molecule has 1 amide bonds. The van der Waals surface area contributed by atoms with Gasteiger partial charge in [-0.1, -0.05) is 6.07 Å². The van der Waals surface area contributed by atoms with Gasteiger partial charge in [0.15, 0.2) is 0 Å². The zero-order valence-corrected chi connectivity index (χ0v) is 18.0. The topological polar surface area (TPSA) is 98.2 Å². The highest BCUT2D eigenvalue weighted by atomic mass is 32.2. The number of amides is 1. The second kappa shape index (κ2) is 8.60. The predicted molar refractivity (Wildman–Crippen MR) is 106 cm³/mol. The summed E-state index contributed by atoms with van der Waals surface area (Å²) < 4.78 is 72.0. The van der Waals surface area contributed by atoms with Gasteiger partial charge in [0.25, 0.3) is 0 Å². The van der Waals surface area contributed by atoms with E-state index >= 15 is 0 Å². The summed E-state index contributed by atoms with van der Waals surface area (Å²) in [4.78, 5) is 24.9. The van der Waals surface area contributed by atoms with E-state index in [2.05, 4.69) is 0 Å². The van der Waals surface area contributed by atoms with Crippen LogP contribution in [0.1, 0.15) is 19.3 Å². The van der Waals surface area contributed by atoms with Gasteiger partial charge in [0.05, 0.1) is 17.3 Å². The molecule has 1 aromatic carbocycles. The van der Waals surface area contributed by atoms with Crippen molar-refractivity contribution in [3.8, 4) is 0 Å². The Labute approximate surface area is 182 Å². The van der Waals surface area contributed by atoms with Crippen LogP contribution >= 0.6 is 0 Å². The number of carboxylic acid groups (broad SMARTS) is 1. The lowest BCUT2D eigenvalue weighted by molar-refractivity contribution is -0.192. The molecule has 13 heteroatoms. The first-order valence-corrected chi connectivity index (χ1v) is 11.3. The van der Waals surface area contributed by atoms with Crippen molar-refractivity contribution in [2.45, 2.75) is 36.2 Å². The fourth-order valence-corrected chi connectivity index (χ4v) is 5.81. The van der Waals surface area contributed by atoms with Crippen molar-refractivity contribution in [2.24, 2.45) is 0 Å². The molecule has 8 nitrogen and oxygen atoms in total. The number of sulfonamides is 1. The molecular weight excluding hydrogens is 458 g/mol. The Hall–Kier alpha value is -2.25. The van der Waals surface area contributed by atoms with Gasteiger partial charge in [-0.2, -0.15) is 17.5 Å². The standard InChI is InChI=1S/C17H22FN3O3S.C2HF3O2/c1-19-10-16(22)21(14-4-2-3-13(18)9-14)12-17(19)7-8-20(11-17)25(23,24)15-5-6-15;3-2(4,5)1(6)7/h2-4,9,15H,5-8,10-12H2,1H3;(H,6,7). The van der Waals surface area contributed by atoms with E-state index in [4.69, 9.17) is 9.90 Å². The monoisotopic (exact) mass is 481 g/mol. The number of piperazine rings is 1. The molecule has 178 valence electrons. The van der Waals surface area contributed by atoms with Crippen molar-refractivity contribution in [3.63, 3.8) is 0 Å². The zero-order chi connectivity index (χ0) is 23.9. The highest BCUT2D eigenvalue weighted by Crippen LogP contribution is 2.38. The molecule has 3 aliphatic rings. The fourth-order valence-electron chi connectivity index (χ4n) is 3.89. The van der Waals surface area contributed by atoms with Crippen LogP contribution in [0.25, 0.3) is 0 Å². The predicted octanol–water partition coefficient (Wildman–Crippen LogP) is 1.67. The summed E-state index contributed by atoms with van der Waals surface area (Å²) in [6, 6.07) is 6.00. The van der Waals surface area contributed by atoms with E-state index in [9.17, 15) is 30.8 Å². The molecule has 3 fully saturated rings. The van der Waals surface area contributed by atoms with E-state index in [0.29, 0.717) is 31.7 Å². The molecule has 0 radical (unpaired) electrons. The Bertz CT molecular complexity index is 999. The van der Waals surface area contributed by atoms with Gasteiger partial charge >= 0.3 is 12.1 Å². The normalized spacial score (nSPS) is 25.0. The Kier molecular flexibility index (Phi) is 6.55. The van der Waals surface area contributed by atoms with Gasteiger partial charge in [-0.05, 0) is 44.5 Å². The summed E-state index contributed by atoms with van der Waals surface area (Å²) in [6.45, 7) is 1.45. The maximum atomic E-state index is 13.6. The minimum absolute atomic E-state index is 0.0952. The lowest BCUT2D eigenvalue weighted by Gasteiger charge is -2.46. The Morgan fingerprint density at radius 3 is 2.38 bits per heavy atom. The van der Waals surface area contributed by atoms with E-state index in [1.165, 1.54) is 12.1 Å². The van der Waals surface area contributed by atoms with Crippen molar-refractivity contribution in [2.75, 3.05) is 38.1 Å². The first-order chi connectivity index (χ1) is 14.8. The van der Waals surface area contributed by atoms with Gasteiger partial charge in [-0.25, -0.2) is 17.6 Å². The second-order valence-electron chi connectivity index (χ2n) is 8.17. The molecule has 1 N–H and O–H groups in total. The number of aliphatic carboxylic acids is 1. The molecule has 2 aliphatic heterocycles. The van der Waals surface area contributed by atoms with Crippen LogP contribution in [-0.2, 0) is 19.6 Å². The van der Waals surface area contributed by atoms with Crippen LogP contribution in [0.4, 0.5) is 23.2 Å². The highest BCUT2D eigenvalue weighted by Gasteiger charge is 2.52. The van der Waals surface area contributed by atoms with Crippen molar-refractivity contribution in [1.82, 2.24) is 9.21 Å². The number of carbonyl (C=O) groups is 2. The minimum atomic E-state index is -5.08. The van der Waals surface area contributed by atoms with Crippen LogP contribution in [-0.4, -0.2) is 84.8 Å². The van der Waals surface area contributed by atoms with Crippen LogP contribution in [0.15, 0.2) is 24.3 Å². The summed E-state index contributed by atoms with van der Waals surface area (Å²) in [7, 11) is -1.35. The molecule has 2 heterocycles. The van der Waals surface area contributed by atoms with E-state index in [0.717, 1.165) is 12.8 Å². The van der Waals surface area contributed by atoms with Crippen molar-refractivity contribution in [1.29, 1.82) is 0 Å². The number of benzene rings is 1. The Morgan fingerprint density at radius 1 is 1.22 bits per heavy atom. The first-order valence-electron chi connectivity index (χ1n) is 9.82. The SMILES string of the molecule is CN1CC(=O)N(c2cccc(F)c2)CC12CCN(S(=O)(=O)C1CC1)C2.O=C(O)C(F)(F)F. The number of anilines is 1. The molecule has 1 saturated carbocycles. The summed E-state index contributed by atoms with van der Waals surface area (Å²) in [6.07, 6.45) is -2.92. The molecule has 1 spiro atoms. The highest BCUT2D eigenvalue weighted by molar-refractivity contribution is 7.90. The molecule has 32 heavy (non-hydrogen) atoms. The summed E-state index contributed by atoms with van der Waals surface area (Å²) in [5, 5.41) is 6.90. The largest absolute Gasteiger partial charge is 0.490 e. The summed E-state index contributed by atoms with van der Waals surface area (Å²) in [5.41, 5.74) is 0.114. The molecule has 1 unspecified atom stereocenters. The average molecular weight is 481 g/mol. The fraction of sp³-hybridized carbons (Fsp3) is 0.579. The number of likely N-dealkylation sites (N-methyl/N-ethyl adjacent to an activating group) is 1. The number of halogens is 4. The third-order valence-corrected chi connectivity index (χ3v) is 8.25. The van der Waals surface area contributed by atoms with E-state index < -0.39 is 27.7 Å². The van der Waals surface area contributed by atoms with E-state index in [1.54, 1.807) is 21.3 Å². The quantitative estimate of drug-likeness (QED) is 0.660. The molecular formula is C19H23F4N3O5S. The number of alkyl halides is 3. The van der Waals surface area contributed by atoms with Gasteiger partial charge < -0.3 is 10.0 Å². The Balaban J connectivity index is 0.000000360. The van der Waals surface area contributed by atoms with Crippen LogP contribution in [0, 0.1) is 5.82 Å². The molecule has 1 atom stereocenters. The lowest BCUT2D eigenvalue weighted by atomic mass is 9.92. The van der Waals surface area contributed by atoms with Gasteiger partial charge in [-0.15, -0.1) is 0 Å². The van der Waals surface area contributed by atoms with Gasteiger partial charge in [-0.3, -0.25) is 9.69 Å². The van der Waals surface area contributed by atoms with Gasteiger partial charge in [0.2, 0.25) is 15.9 Å². The molecule has 0 aromatic heterocycles. The number of hydrogen-bond donors (Lipinski definition) is 1. The zero-order valence-electron chi connectivity index (χ0n) is 17.2. The van der Waals surface area contributed by atoms with Crippen LogP contribution < -0.4 is 4.90 Å². The summed E-state index contributed by atoms with van der Waals surface area (Å²) in [5.74, 6) is -3.24. The maximum Gasteiger partial charge on any atom is 0.490 e. The lowest BCUT2D eigenvalue weighted by Crippen LogP contribution is -2.64. The van der Waals surface area contributed by atoms with E-state index in [1.807, 2.05) is 11.9 Å². The number of carboxylic acids is 1. The smallest absolute Gasteiger partial charge is 0.475 e. The third-order valence-electron chi connectivity index (χ3n) is 5.90. The van der Waals surface area contributed by atoms with Crippen LogP contribution in [0.5, 0.6) is 0 Å². The van der Waals surface area contributed by atoms with Crippen LogP contribution in [0.3, 0.4) is 0 Å². The number of nitrogens with zero attached hydrogens (tertiary/aromatic N) is 3. The van der Waals surface area contributed by atoms with Crippen LogP contribution in [0.2, 0.25) is 0 Å². The van der Waals surface area contributed by atoms with E-state index in [-0.39, 0.29) is 23.5 Å². The maximum absolute atomic E-state index is 13.6. The average Bonchev–Trinajstić information content (AvgIpc) is 3.46. The van der Waals surface area contributed by atoms with Gasteiger partial charge in [0.1, 0.15) is 5.82 Å². The third kappa shape index (κ3) is 5.04. The molecule has 0 bridgehead atoms. The first kappa shape index (κ1) is 24.4. The number of hydrogen-bond acceptors (Lipinski definition) is 5. The minimum Gasteiger partial charge on any atom is -0.475 e. The Morgan fingerprint density at radius 2 is 1.84 bits per heavy atom. The summed E-state index contributed by atoms with van der Waals surface area (Å²) >= 11 is 0. The van der Waals surface area contributed by atoms with Crippen molar-refractivity contribution in [3.05, 3.63) is 30.1 Å². The number of carbonyl (C=O) groups excluding carboxylic acids is 1. The second-order valence-corrected chi connectivity index (χ2v) is 10.4. The van der Waals surface area contributed by atoms with Crippen molar-refractivity contribution < 1.29 is 40.7 Å². The molecule has 1 aromatic rings. The molecule has 2 saturated heterocycles. The van der Waals surface area contributed by atoms with Gasteiger partial charge in [0, 0.05) is 25.3 Å². The molecule has 1 aliphatic carbocycles. The molecule has 4 rings (SSSR count).